The number of hydrogen-bond donors (Lipinski definition) is 4. The summed E-state index contributed by atoms with van der Waals surface area (Å²) in [4.78, 5) is 38.1. The number of benzene rings is 2. The van der Waals surface area contributed by atoms with Gasteiger partial charge in [-0.25, -0.2) is 9.59 Å². The van der Waals surface area contributed by atoms with Crippen LogP contribution in [0.5, 0.6) is 0 Å². The topological polar surface area (TPSA) is 119 Å². The molecule has 2 unspecified atom stereocenters. The summed E-state index contributed by atoms with van der Waals surface area (Å²) in [5, 5.41) is 24.4. The summed E-state index contributed by atoms with van der Waals surface area (Å²) in [5.74, 6) is -2.17. The van der Waals surface area contributed by atoms with Gasteiger partial charge in [0.2, 0.25) is 0 Å². The minimum atomic E-state index is -1.17. The predicted molar refractivity (Wildman–Crippen MR) is 139 cm³/mol. The summed E-state index contributed by atoms with van der Waals surface area (Å²) < 4.78 is 1.73. The van der Waals surface area contributed by atoms with E-state index in [1.807, 2.05) is 18.0 Å². The fourth-order valence-electron chi connectivity index (χ4n) is 3.98. The number of carbonyl (C=O) groups excluding carboxylic acids is 2. The van der Waals surface area contributed by atoms with Crippen molar-refractivity contribution in [3.05, 3.63) is 91.2 Å². The second-order valence-electron chi connectivity index (χ2n) is 7.76. The highest BCUT2D eigenvalue weighted by Gasteiger charge is 2.40. The van der Waals surface area contributed by atoms with Crippen molar-refractivity contribution in [3.8, 4) is 0 Å². The van der Waals surface area contributed by atoms with Crippen LogP contribution in [0.15, 0.2) is 80.1 Å². The highest BCUT2D eigenvalue weighted by atomic mass is 127. The van der Waals surface area contributed by atoms with Crippen molar-refractivity contribution in [2.45, 2.75) is 6.04 Å². The zero-order valence-corrected chi connectivity index (χ0v) is 21.5. The number of halogens is 2. The van der Waals surface area contributed by atoms with Crippen molar-refractivity contribution in [3.63, 3.8) is 0 Å². The molecule has 1 aliphatic heterocycles. The van der Waals surface area contributed by atoms with Crippen molar-refractivity contribution in [2.24, 2.45) is 5.92 Å². The van der Waals surface area contributed by atoms with E-state index in [1.54, 1.807) is 54.6 Å². The van der Waals surface area contributed by atoms with Gasteiger partial charge >= 0.3 is 12.0 Å². The van der Waals surface area contributed by atoms with Gasteiger partial charge in [-0.1, -0.05) is 40.2 Å². The summed E-state index contributed by atoms with van der Waals surface area (Å²) in [7, 11) is 1.87. The number of rotatable bonds is 4. The van der Waals surface area contributed by atoms with E-state index in [0.717, 1.165) is 19.3 Å². The lowest BCUT2D eigenvalue weighted by atomic mass is 9.91. The molecule has 2 aromatic rings. The van der Waals surface area contributed by atoms with Gasteiger partial charge in [-0.3, -0.25) is 10.1 Å². The Morgan fingerprint density at radius 3 is 2.44 bits per heavy atom. The fraction of sp³-hybridized carbons (Fsp3) is 0.125. The number of urea groups is 1. The van der Waals surface area contributed by atoms with Crippen LogP contribution in [0.25, 0.3) is 5.70 Å². The van der Waals surface area contributed by atoms with Gasteiger partial charge in [-0.15, -0.1) is 0 Å². The molecule has 0 fully saturated rings. The van der Waals surface area contributed by atoms with Crippen LogP contribution < -0.4 is 10.6 Å². The van der Waals surface area contributed by atoms with E-state index in [9.17, 15) is 24.6 Å². The summed E-state index contributed by atoms with van der Waals surface area (Å²) in [6, 6.07) is 12.9. The van der Waals surface area contributed by atoms with E-state index >= 15 is 0 Å². The van der Waals surface area contributed by atoms with E-state index in [4.69, 9.17) is 0 Å². The van der Waals surface area contributed by atoms with Gasteiger partial charge < -0.3 is 20.4 Å². The Morgan fingerprint density at radius 2 is 1.79 bits per heavy atom. The smallest absolute Gasteiger partial charge is 0.339 e. The number of likely N-dealkylation sites (N-methyl/N-ethyl adjacent to an activating group) is 1. The molecule has 0 bridgehead atoms. The Labute approximate surface area is 217 Å². The number of anilines is 1. The molecule has 1 heterocycles. The number of imide groups is 1. The SMILES string of the molecule is CN1C(c2ccc(C(=O)NC(=O)Nc3cccc(Br)c3)cc2)=C(I)C2C=C(C(=O)O)C(O)=CC21. The number of nitrogens with one attached hydrogen (secondary N) is 2. The number of fused-ring (bicyclic) bond motifs is 1. The van der Waals surface area contributed by atoms with Gasteiger partial charge in [0, 0.05) is 32.3 Å². The second kappa shape index (κ2) is 9.63. The number of amides is 3. The van der Waals surface area contributed by atoms with Gasteiger partial charge in [0.05, 0.1) is 17.3 Å². The molecular weight excluding hydrogens is 617 g/mol. The number of nitrogens with zero attached hydrogens (tertiary/aromatic N) is 1. The molecule has 0 radical (unpaired) electrons. The van der Waals surface area contributed by atoms with Crippen LogP contribution in [0.1, 0.15) is 15.9 Å². The first-order valence-corrected chi connectivity index (χ1v) is 12.0. The Balaban J connectivity index is 1.49. The maximum absolute atomic E-state index is 12.5. The largest absolute Gasteiger partial charge is 0.507 e. The zero-order chi connectivity index (χ0) is 24.6. The number of carboxylic acids is 1. The first-order chi connectivity index (χ1) is 16.2. The molecule has 174 valence electrons. The van der Waals surface area contributed by atoms with E-state index < -0.39 is 17.9 Å². The quantitative estimate of drug-likeness (QED) is 0.355. The van der Waals surface area contributed by atoms with Crippen molar-refractivity contribution < 1.29 is 24.6 Å². The number of hydrogen-bond acceptors (Lipinski definition) is 5. The molecule has 2 atom stereocenters. The Kier molecular flexibility index (Phi) is 6.80. The highest BCUT2D eigenvalue weighted by Crippen LogP contribution is 2.46. The molecule has 3 amide bonds. The van der Waals surface area contributed by atoms with Crippen molar-refractivity contribution >= 4 is 67.8 Å². The van der Waals surface area contributed by atoms with Gasteiger partial charge in [-0.05, 0) is 64.6 Å². The second-order valence-corrected chi connectivity index (χ2v) is 9.84. The number of aliphatic carboxylic acids is 1. The van der Waals surface area contributed by atoms with Crippen molar-refractivity contribution in [1.82, 2.24) is 10.2 Å². The van der Waals surface area contributed by atoms with Gasteiger partial charge in [0.25, 0.3) is 5.91 Å². The maximum atomic E-state index is 12.5. The first kappa shape index (κ1) is 24.0. The minimum absolute atomic E-state index is 0.113. The lowest BCUT2D eigenvalue weighted by Crippen LogP contribution is -2.34. The monoisotopic (exact) mass is 635 g/mol. The van der Waals surface area contributed by atoms with Crippen LogP contribution in [0.3, 0.4) is 0 Å². The predicted octanol–water partition coefficient (Wildman–Crippen LogP) is 4.91. The van der Waals surface area contributed by atoms with Crippen molar-refractivity contribution in [2.75, 3.05) is 12.4 Å². The third-order valence-corrected chi connectivity index (χ3v) is 7.32. The minimum Gasteiger partial charge on any atom is -0.507 e. The summed E-state index contributed by atoms with van der Waals surface area (Å²) in [6.07, 6.45) is 3.12. The van der Waals surface area contributed by atoms with Gasteiger partial charge in [-0.2, -0.15) is 0 Å². The highest BCUT2D eigenvalue weighted by molar-refractivity contribution is 14.1. The van der Waals surface area contributed by atoms with E-state index in [-0.39, 0.29) is 23.3 Å². The van der Waals surface area contributed by atoms with Gasteiger partial charge in [0.15, 0.2) is 0 Å². The molecule has 4 rings (SSSR count). The number of carboxylic acid groups (broad SMARTS) is 1. The van der Waals surface area contributed by atoms with Crippen molar-refractivity contribution in [1.29, 1.82) is 0 Å². The average molecular weight is 636 g/mol. The molecule has 0 aromatic heterocycles. The maximum Gasteiger partial charge on any atom is 0.339 e. The molecule has 2 aromatic carbocycles. The standard InChI is InChI=1S/C24H19BrIN3O5/c1-29-18-11-19(30)17(23(32)33)10-16(18)20(26)21(29)12-5-7-13(8-6-12)22(31)28-24(34)27-15-4-2-3-14(25)9-15/h2-11,16,18,30H,1H3,(H,32,33)(H2,27,28,31,34). The Hall–Kier alpha value is -3.12. The molecule has 1 aliphatic carbocycles. The van der Waals surface area contributed by atoms with Crippen LogP contribution in [-0.2, 0) is 4.79 Å². The van der Waals surface area contributed by atoms with E-state index in [0.29, 0.717) is 11.3 Å². The zero-order valence-electron chi connectivity index (χ0n) is 17.8. The fourth-order valence-corrected chi connectivity index (χ4v) is 5.61. The van der Waals surface area contributed by atoms with Gasteiger partial charge in [0.1, 0.15) is 5.76 Å². The van der Waals surface area contributed by atoms with E-state index in [1.165, 1.54) is 0 Å². The lowest BCUT2D eigenvalue weighted by Gasteiger charge is -2.28. The molecule has 8 nitrogen and oxygen atoms in total. The molecule has 0 saturated carbocycles. The molecule has 10 heteroatoms. The average Bonchev–Trinajstić information content (AvgIpc) is 3.02. The number of carbonyl (C=O) groups is 3. The first-order valence-electron chi connectivity index (χ1n) is 10.1. The molecule has 0 saturated heterocycles. The van der Waals surface area contributed by atoms with E-state index in [2.05, 4.69) is 49.2 Å². The normalized spacial score (nSPS) is 19.2. The van der Waals surface area contributed by atoms with Crippen LogP contribution in [-0.4, -0.2) is 46.1 Å². The summed E-state index contributed by atoms with van der Waals surface area (Å²) in [5.41, 5.74) is 2.45. The van der Waals surface area contributed by atoms with Crippen LogP contribution in [0.4, 0.5) is 10.5 Å². The summed E-state index contributed by atoms with van der Waals surface area (Å²) in [6.45, 7) is 0. The van der Waals surface area contributed by atoms with Crippen LogP contribution >= 0.6 is 38.5 Å². The molecule has 34 heavy (non-hydrogen) atoms. The third-order valence-electron chi connectivity index (χ3n) is 5.60. The molecular formula is C24H19BrIN3O5. The number of aliphatic hydroxyl groups excluding tert-OH is 1. The van der Waals surface area contributed by atoms with Crippen LogP contribution in [0, 0.1) is 5.92 Å². The Morgan fingerprint density at radius 1 is 1.09 bits per heavy atom. The molecule has 0 spiro atoms. The lowest BCUT2D eigenvalue weighted by molar-refractivity contribution is -0.132. The third kappa shape index (κ3) is 4.73. The number of aliphatic hydroxyl groups is 1. The molecule has 4 N–H and O–H groups in total. The summed E-state index contributed by atoms with van der Waals surface area (Å²) >= 11 is 5.52. The molecule has 2 aliphatic rings. The Bertz CT molecular complexity index is 1290. The van der Waals surface area contributed by atoms with Crippen LogP contribution in [0.2, 0.25) is 0 Å².